The van der Waals surface area contributed by atoms with Gasteiger partial charge in [0, 0.05) is 10.9 Å². The van der Waals surface area contributed by atoms with Gasteiger partial charge in [-0.15, -0.1) is 11.3 Å². The number of hydrogen-bond donors (Lipinski definition) is 2. The van der Waals surface area contributed by atoms with Crippen LogP contribution in [0.1, 0.15) is 11.0 Å². The molecular weight excluding hydrogens is 304 g/mol. The molecule has 1 aromatic heterocycles. The van der Waals surface area contributed by atoms with Gasteiger partial charge >= 0.3 is 0 Å². The lowest BCUT2D eigenvalue weighted by molar-refractivity contribution is 0.111. The zero-order chi connectivity index (χ0) is 12.3. The standard InChI is InChI=1S/C12H11BrO3S/c13-12-5-4-11(17-12)10(15)7-16-9-3-1-2-8(14)6-9/h1-6,10,14-15H,7H2. The van der Waals surface area contributed by atoms with E-state index < -0.39 is 6.10 Å². The fraction of sp³-hybridized carbons (Fsp3) is 0.167. The molecule has 5 heteroatoms. The Hall–Kier alpha value is -1.04. The molecule has 1 heterocycles. The van der Waals surface area contributed by atoms with Gasteiger partial charge in [0.05, 0.1) is 3.79 Å². The van der Waals surface area contributed by atoms with Gasteiger partial charge in [0.1, 0.15) is 24.2 Å². The van der Waals surface area contributed by atoms with Crippen LogP contribution in [-0.2, 0) is 0 Å². The molecule has 2 rings (SSSR count). The predicted molar refractivity (Wildman–Crippen MR) is 70.6 cm³/mol. The molecule has 0 aliphatic rings. The van der Waals surface area contributed by atoms with Crippen molar-refractivity contribution < 1.29 is 14.9 Å². The van der Waals surface area contributed by atoms with Crippen LogP contribution in [0.25, 0.3) is 0 Å². The third-order valence-corrected chi connectivity index (χ3v) is 3.87. The number of hydrogen-bond acceptors (Lipinski definition) is 4. The lowest BCUT2D eigenvalue weighted by Crippen LogP contribution is -2.08. The van der Waals surface area contributed by atoms with Gasteiger partial charge in [-0.2, -0.15) is 0 Å². The summed E-state index contributed by atoms with van der Waals surface area (Å²) < 4.78 is 6.37. The lowest BCUT2D eigenvalue weighted by atomic mass is 10.3. The van der Waals surface area contributed by atoms with E-state index in [4.69, 9.17) is 4.74 Å². The van der Waals surface area contributed by atoms with E-state index in [1.54, 1.807) is 18.2 Å². The minimum absolute atomic E-state index is 0.149. The highest BCUT2D eigenvalue weighted by Gasteiger charge is 2.11. The molecule has 0 aliphatic carbocycles. The first kappa shape index (κ1) is 12.4. The number of ether oxygens (including phenoxy) is 1. The molecule has 1 atom stereocenters. The third kappa shape index (κ3) is 3.46. The summed E-state index contributed by atoms with van der Waals surface area (Å²) in [4.78, 5) is 0.844. The molecular formula is C12H11BrO3S. The number of aliphatic hydroxyl groups is 1. The zero-order valence-corrected chi connectivity index (χ0v) is 11.2. The summed E-state index contributed by atoms with van der Waals surface area (Å²) in [6.45, 7) is 0.163. The van der Waals surface area contributed by atoms with E-state index in [0.717, 1.165) is 8.66 Å². The number of halogens is 1. The summed E-state index contributed by atoms with van der Waals surface area (Å²) in [5, 5.41) is 19.1. The summed E-state index contributed by atoms with van der Waals surface area (Å²) >= 11 is 4.81. The van der Waals surface area contributed by atoms with E-state index in [9.17, 15) is 10.2 Å². The smallest absolute Gasteiger partial charge is 0.123 e. The summed E-state index contributed by atoms with van der Waals surface area (Å²) in [6.07, 6.45) is -0.659. The highest BCUT2D eigenvalue weighted by atomic mass is 79.9. The maximum atomic E-state index is 9.87. The van der Waals surface area contributed by atoms with Gasteiger partial charge in [-0.3, -0.25) is 0 Å². The average molecular weight is 315 g/mol. The van der Waals surface area contributed by atoms with E-state index in [0.29, 0.717) is 5.75 Å². The topological polar surface area (TPSA) is 49.7 Å². The second kappa shape index (κ2) is 5.53. The van der Waals surface area contributed by atoms with Crippen LogP contribution in [0, 0.1) is 0 Å². The molecule has 90 valence electrons. The van der Waals surface area contributed by atoms with Crippen molar-refractivity contribution in [2.75, 3.05) is 6.61 Å². The summed E-state index contributed by atoms with van der Waals surface area (Å²) in [5.41, 5.74) is 0. The van der Waals surface area contributed by atoms with Crippen molar-refractivity contribution in [3.8, 4) is 11.5 Å². The Morgan fingerprint density at radius 3 is 2.76 bits per heavy atom. The Labute approximate surface area is 111 Å². The van der Waals surface area contributed by atoms with Gasteiger partial charge in [0.2, 0.25) is 0 Å². The fourth-order valence-electron chi connectivity index (χ4n) is 1.34. The molecule has 0 radical (unpaired) electrons. The highest BCUT2D eigenvalue weighted by Crippen LogP contribution is 2.28. The Morgan fingerprint density at radius 2 is 2.12 bits per heavy atom. The minimum Gasteiger partial charge on any atom is -0.508 e. The maximum Gasteiger partial charge on any atom is 0.123 e. The van der Waals surface area contributed by atoms with Crippen LogP contribution in [0.15, 0.2) is 40.2 Å². The van der Waals surface area contributed by atoms with Crippen LogP contribution in [0.3, 0.4) is 0 Å². The van der Waals surface area contributed by atoms with E-state index in [1.807, 2.05) is 12.1 Å². The van der Waals surface area contributed by atoms with Crippen molar-refractivity contribution in [3.63, 3.8) is 0 Å². The van der Waals surface area contributed by atoms with Gasteiger partial charge < -0.3 is 14.9 Å². The molecule has 2 aromatic rings. The van der Waals surface area contributed by atoms with E-state index in [-0.39, 0.29) is 12.4 Å². The summed E-state index contributed by atoms with van der Waals surface area (Å²) in [5.74, 6) is 0.690. The quantitative estimate of drug-likeness (QED) is 0.910. The maximum absolute atomic E-state index is 9.87. The monoisotopic (exact) mass is 314 g/mol. The molecule has 0 saturated heterocycles. The number of aliphatic hydroxyl groups excluding tert-OH is 1. The molecule has 0 fully saturated rings. The van der Waals surface area contributed by atoms with Crippen LogP contribution in [0.4, 0.5) is 0 Å². The number of aromatic hydroxyl groups is 1. The normalized spacial score (nSPS) is 12.4. The second-order valence-corrected chi connectivity index (χ2v) is 5.96. The van der Waals surface area contributed by atoms with Gasteiger partial charge in [0.25, 0.3) is 0 Å². The number of phenols is 1. The predicted octanol–water partition coefficient (Wildman–Crippen LogP) is 3.33. The van der Waals surface area contributed by atoms with Crippen LogP contribution >= 0.6 is 27.3 Å². The van der Waals surface area contributed by atoms with Crippen molar-refractivity contribution >= 4 is 27.3 Å². The molecule has 0 aliphatic heterocycles. The second-order valence-electron chi connectivity index (χ2n) is 3.47. The largest absolute Gasteiger partial charge is 0.508 e. The van der Waals surface area contributed by atoms with Crippen LogP contribution in [-0.4, -0.2) is 16.8 Å². The average Bonchev–Trinajstić information content (AvgIpc) is 2.73. The van der Waals surface area contributed by atoms with E-state index >= 15 is 0 Å². The van der Waals surface area contributed by atoms with Crippen molar-refractivity contribution in [1.82, 2.24) is 0 Å². The summed E-state index contributed by atoms with van der Waals surface area (Å²) in [6, 6.07) is 10.2. The van der Waals surface area contributed by atoms with Gasteiger partial charge in [-0.05, 0) is 40.2 Å². The van der Waals surface area contributed by atoms with Crippen molar-refractivity contribution in [1.29, 1.82) is 0 Å². The molecule has 0 spiro atoms. The zero-order valence-electron chi connectivity index (χ0n) is 8.84. The van der Waals surface area contributed by atoms with Crippen molar-refractivity contribution in [2.24, 2.45) is 0 Å². The number of benzene rings is 1. The van der Waals surface area contributed by atoms with E-state index in [2.05, 4.69) is 15.9 Å². The Kier molecular flexibility index (Phi) is 4.04. The highest BCUT2D eigenvalue weighted by molar-refractivity contribution is 9.11. The van der Waals surface area contributed by atoms with Crippen molar-refractivity contribution in [3.05, 3.63) is 45.1 Å². The number of rotatable bonds is 4. The minimum atomic E-state index is -0.659. The molecule has 2 N–H and O–H groups in total. The Morgan fingerprint density at radius 1 is 1.29 bits per heavy atom. The lowest BCUT2D eigenvalue weighted by Gasteiger charge is -2.10. The molecule has 3 nitrogen and oxygen atoms in total. The van der Waals surface area contributed by atoms with Crippen LogP contribution in [0.2, 0.25) is 0 Å². The van der Waals surface area contributed by atoms with Gasteiger partial charge in [-0.1, -0.05) is 6.07 Å². The molecule has 0 bridgehead atoms. The SMILES string of the molecule is Oc1cccc(OCC(O)c2ccc(Br)s2)c1. The van der Waals surface area contributed by atoms with Crippen molar-refractivity contribution in [2.45, 2.75) is 6.10 Å². The van der Waals surface area contributed by atoms with Gasteiger partial charge in [-0.25, -0.2) is 0 Å². The first-order chi connectivity index (χ1) is 8.15. The van der Waals surface area contributed by atoms with Gasteiger partial charge in [0.15, 0.2) is 0 Å². The summed E-state index contributed by atoms with van der Waals surface area (Å²) in [7, 11) is 0. The third-order valence-electron chi connectivity index (χ3n) is 2.15. The Bertz CT molecular complexity index is 498. The molecule has 1 unspecified atom stereocenters. The number of phenolic OH excluding ortho intramolecular Hbond substituents is 1. The van der Waals surface area contributed by atoms with Crippen LogP contribution in [0.5, 0.6) is 11.5 Å². The molecule has 0 amide bonds. The van der Waals surface area contributed by atoms with Crippen LogP contribution < -0.4 is 4.74 Å². The first-order valence-corrected chi connectivity index (χ1v) is 6.61. The fourth-order valence-corrected chi connectivity index (χ4v) is 2.73. The molecule has 1 aromatic carbocycles. The molecule has 17 heavy (non-hydrogen) atoms. The number of thiophene rings is 1. The first-order valence-electron chi connectivity index (χ1n) is 5.00. The molecule has 0 saturated carbocycles. The van der Waals surface area contributed by atoms with E-state index in [1.165, 1.54) is 17.4 Å². The Balaban J connectivity index is 1.94.